The molecule has 2 aromatic rings. The van der Waals surface area contributed by atoms with Crippen molar-refractivity contribution in [3.05, 3.63) is 22.3 Å². The number of H-pyrrole nitrogens is 1. The standard InChI is InChI=1S/C15H20N5O5P/c1-8(2)13(22)24-5-15(6-25-26-23)3-9(15)4-20-7-17-10-11(20)18-14(16)19-12(10)21/h4,7-8H,3,5-6,26H2,1-2H3,(H3,16,18,19,21)/b9-4-. The molecule has 3 rings (SSSR count). The molecule has 0 saturated heterocycles. The Hall–Kier alpha value is -2.45. The fraction of sp³-hybridized carbons (Fsp3) is 0.467. The average molecular weight is 381 g/mol. The van der Waals surface area contributed by atoms with Gasteiger partial charge in [0, 0.05) is 6.20 Å². The summed E-state index contributed by atoms with van der Waals surface area (Å²) < 4.78 is 22.8. The number of aromatic amines is 1. The van der Waals surface area contributed by atoms with Crippen LogP contribution in [0.2, 0.25) is 0 Å². The third kappa shape index (κ3) is 3.56. The highest BCUT2D eigenvalue weighted by molar-refractivity contribution is 7.17. The van der Waals surface area contributed by atoms with Crippen molar-refractivity contribution in [1.82, 2.24) is 19.5 Å². The molecule has 0 spiro atoms. The Morgan fingerprint density at radius 3 is 3.00 bits per heavy atom. The van der Waals surface area contributed by atoms with Gasteiger partial charge in [-0.05, 0) is 12.0 Å². The number of imidazole rings is 1. The maximum absolute atomic E-state index is 11.8. The first kappa shape index (κ1) is 18.3. The Bertz CT molecular complexity index is 950. The molecular formula is C15H20N5O5P. The molecule has 2 atom stereocenters. The summed E-state index contributed by atoms with van der Waals surface area (Å²) >= 11 is 0. The van der Waals surface area contributed by atoms with Crippen molar-refractivity contribution in [2.75, 3.05) is 18.9 Å². The number of anilines is 1. The second-order valence-corrected chi connectivity index (χ2v) is 7.08. The molecule has 0 aromatic carbocycles. The molecule has 0 aliphatic heterocycles. The number of nitrogen functional groups attached to an aromatic ring is 1. The van der Waals surface area contributed by atoms with Crippen LogP contribution in [0.5, 0.6) is 0 Å². The summed E-state index contributed by atoms with van der Waals surface area (Å²) in [4.78, 5) is 34.1. The molecule has 0 bridgehead atoms. The van der Waals surface area contributed by atoms with E-state index in [1.54, 1.807) is 24.6 Å². The van der Waals surface area contributed by atoms with Gasteiger partial charge in [-0.1, -0.05) is 13.8 Å². The van der Waals surface area contributed by atoms with Crippen LogP contribution in [-0.2, 0) is 18.6 Å². The lowest BCUT2D eigenvalue weighted by molar-refractivity contribution is -0.149. The number of hydrogen-bond acceptors (Lipinski definition) is 8. The van der Waals surface area contributed by atoms with E-state index >= 15 is 0 Å². The highest BCUT2D eigenvalue weighted by Gasteiger charge is 2.50. The van der Waals surface area contributed by atoms with Crippen LogP contribution in [0.15, 0.2) is 16.7 Å². The molecular weight excluding hydrogens is 361 g/mol. The fourth-order valence-electron chi connectivity index (χ4n) is 2.61. The van der Waals surface area contributed by atoms with E-state index in [1.807, 2.05) is 0 Å². The minimum Gasteiger partial charge on any atom is -0.464 e. The molecule has 1 aliphatic rings. The SMILES string of the molecule is CC(C)C(=O)OCC1(CO[PH2]=O)C/C1=C/n1cnc2c(=O)[nH]c(N)nc21. The predicted molar refractivity (Wildman–Crippen MR) is 96.0 cm³/mol. The molecule has 1 saturated carbocycles. The van der Waals surface area contributed by atoms with Crippen molar-refractivity contribution in [2.45, 2.75) is 20.3 Å². The Balaban J connectivity index is 1.87. The Kier molecular flexibility index (Phi) is 4.97. The molecule has 3 N–H and O–H groups in total. The minimum absolute atomic E-state index is 0.00568. The lowest BCUT2D eigenvalue weighted by atomic mass is 10.1. The Morgan fingerprint density at radius 2 is 2.31 bits per heavy atom. The van der Waals surface area contributed by atoms with Crippen LogP contribution in [0.1, 0.15) is 20.3 Å². The maximum Gasteiger partial charge on any atom is 0.308 e. The van der Waals surface area contributed by atoms with Gasteiger partial charge in [-0.2, -0.15) is 4.98 Å². The summed E-state index contributed by atoms with van der Waals surface area (Å²) in [7, 11) is -1.36. The number of aromatic nitrogens is 4. The van der Waals surface area contributed by atoms with Gasteiger partial charge in [0.25, 0.3) is 5.56 Å². The van der Waals surface area contributed by atoms with Crippen LogP contribution in [0.4, 0.5) is 5.95 Å². The quantitative estimate of drug-likeness (QED) is 0.530. The third-order valence-electron chi connectivity index (χ3n) is 4.22. The van der Waals surface area contributed by atoms with Gasteiger partial charge in [-0.15, -0.1) is 0 Å². The molecule has 2 unspecified atom stereocenters. The number of rotatable bonds is 7. The van der Waals surface area contributed by atoms with Gasteiger partial charge in [0.05, 0.1) is 17.9 Å². The fourth-order valence-corrected chi connectivity index (χ4v) is 2.99. The molecule has 0 amide bonds. The number of nitrogens with zero attached hydrogens (tertiary/aromatic N) is 3. The predicted octanol–water partition coefficient (Wildman–Crippen LogP) is 0.820. The largest absolute Gasteiger partial charge is 0.464 e. The molecule has 1 fully saturated rings. The summed E-state index contributed by atoms with van der Waals surface area (Å²) in [6.07, 6.45) is 3.83. The highest BCUT2D eigenvalue weighted by atomic mass is 31.1. The molecule has 0 radical (unpaired) electrons. The van der Waals surface area contributed by atoms with Gasteiger partial charge >= 0.3 is 5.97 Å². The first-order valence-electron chi connectivity index (χ1n) is 8.02. The molecule has 10 nitrogen and oxygen atoms in total. The van der Waals surface area contributed by atoms with E-state index in [1.165, 1.54) is 6.33 Å². The Morgan fingerprint density at radius 1 is 1.54 bits per heavy atom. The zero-order chi connectivity index (χ0) is 18.9. The van der Waals surface area contributed by atoms with Gasteiger partial charge in [0.1, 0.15) is 12.9 Å². The highest BCUT2D eigenvalue weighted by Crippen LogP contribution is 2.53. The maximum atomic E-state index is 11.8. The van der Waals surface area contributed by atoms with Crippen molar-refractivity contribution in [1.29, 1.82) is 0 Å². The number of carbonyl (C=O) groups is 1. The molecule has 2 heterocycles. The van der Waals surface area contributed by atoms with Crippen molar-refractivity contribution in [3.8, 4) is 0 Å². The van der Waals surface area contributed by atoms with E-state index in [0.717, 1.165) is 5.57 Å². The third-order valence-corrected chi connectivity index (χ3v) is 4.52. The van der Waals surface area contributed by atoms with Crippen LogP contribution in [0.25, 0.3) is 17.4 Å². The summed E-state index contributed by atoms with van der Waals surface area (Å²) in [6, 6.07) is 0. The zero-order valence-electron chi connectivity index (χ0n) is 14.4. The lowest BCUT2D eigenvalue weighted by Gasteiger charge is -2.15. The first-order chi connectivity index (χ1) is 12.4. The van der Waals surface area contributed by atoms with Crippen molar-refractivity contribution >= 4 is 38.0 Å². The van der Waals surface area contributed by atoms with Crippen LogP contribution >= 0.6 is 8.69 Å². The van der Waals surface area contributed by atoms with Crippen LogP contribution in [-0.4, -0.2) is 38.7 Å². The topological polar surface area (TPSA) is 142 Å². The van der Waals surface area contributed by atoms with Crippen LogP contribution in [0, 0.1) is 11.3 Å². The summed E-state index contributed by atoms with van der Waals surface area (Å²) in [5, 5.41) is 0. The van der Waals surface area contributed by atoms with E-state index in [9.17, 15) is 14.2 Å². The second kappa shape index (κ2) is 7.05. The molecule has 140 valence electrons. The van der Waals surface area contributed by atoms with E-state index < -0.39 is 19.7 Å². The number of hydrogen-bond donors (Lipinski definition) is 2. The van der Waals surface area contributed by atoms with E-state index in [-0.39, 0.29) is 36.6 Å². The summed E-state index contributed by atoms with van der Waals surface area (Å²) in [5.74, 6) is -0.547. The number of nitrogens with one attached hydrogen (secondary N) is 1. The number of esters is 1. The van der Waals surface area contributed by atoms with Crippen molar-refractivity contribution < 1.29 is 18.6 Å². The van der Waals surface area contributed by atoms with Gasteiger partial charge < -0.3 is 15.0 Å². The smallest absolute Gasteiger partial charge is 0.308 e. The Labute approximate surface area is 149 Å². The molecule has 2 aromatic heterocycles. The molecule has 26 heavy (non-hydrogen) atoms. The van der Waals surface area contributed by atoms with Crippen LogP contribution in [0.3, 0.4) is 0 Å². The van der Waals surface area contributed by atoms with E-state index in [0.29, 0.717) is 12.1 Å². The zero-order valence-corrected chi connectivity index (χ0v) is 15.5. The van der Waals surface area contributed by atoms with Gasteiger partial charge in [0.2, 0.25) is 5.95 Å². The van der Waals surface area contributed by atoms with Crippen LogP contribution < -0.4 is 11.3 Å². The number of fused-ring (bicyclic) bond motifs is 1. The minimum atomic E-state index is -1.36. The monoisotopic (exact) mass is 381 g/mol. The van der Waals surface area contributed by atoms with E-state index in [4.69, 9.17) is 15.0 Å². The number of ether oxygens (including phenoxy) is 1. The summed E-state index contributed by atoms with van der Waals surface area (Å²) in [6.45, 7) is 3.83. The van der Waals surface area contributed by atoms with E-state index in [2.05, 4.69) is 15.0 Å². The number of carbonyl (C=O) groups excluding carboxylic acids is 1. The van der Waals surface area contributed by atoms with Gasteiger partial charge in [-0.25, -0.2) is 4.98 Å². The molecule has 11 heteroatoms. The van der Waals surface area contributed by atoms with Crippen molar-refractivity contribution in [3.63, 3.8) is 0 Å². The average Bonchev–Trinajstić information content (AvgIpc) is 3.11. The number of nitrogens with two attached hydrogens (primary N) is 1. The summed E-state index contributed by atoms with van der Waals surface area (Å²) in [5.41, 5.74) is 6.07. The van der Waals surface area contributed by atoms with Gasteiger partial charge in [0.15, 0.2) is 19.9 Å². The lowest BCUT2D eigenvalue weighted by Crippen LogP contribution is -2.21. The van der Waals surface area contributed by atoms with Gasteiger partial charge in [-0.3, -0.25) is 23.7 Å². The molecule has 1 aliphatic carbocycles. The van der Waals surface area contributed by atoms with Crippen molar-refractivity contribution in [2.24, 2.45) is 11.3 Å². The normalized spacial score (nSPS) is 21.3. The first-order valence-corrected chi connectivity index (χ1v) is 8.96. The second-order valence-electron chi connectivity index (χ2n) is 6.56.